The molecule has 0 unspecified atom stereocenters. The molecule has 4 nitrogen and oxygen atoms in total. The zero-order valence-corrected chi connectivity index (χ0v) is 15.7. The van der Waals surface area contributed by atoms with Crippen molar-refractivity contribution in [2.45, 2.75) is 32.4 Å². The van der Waals surface area contributed by atoms with Gasteiger partial charge in [-0.15, -0.1) is 0 Å². The van der Waals surface area contributed by atoms with E-state index in [4.69, 9.17) is 0 Å². The van der Waals surface area contributed by atoms with Crippen LogP contribution in [0.4, 0.5) is 32.4 Å². The molecule has 1 N–H and O–H groups in total. The number of hydrogen-bond acceptors (Lipinski definition) is 2. The maximum atomic E-state index is 14.1. The standard InChI is InChI=1S/C20H20F5N3O/c1-12-8-15(2-5-26-12)27-19(29)28-6-3-13(4-7-28)9-16-17(21)10-14(11-18(16)22)20(23,24)25/h2,5,8,10-11,13H,3-4,6-7,9H2,1H3,(H,26,27,29). The Morgan fingerprint density at radius 3 is 2.34 bits per heavy atom. The molecular weight excluding hydrogens is 393 g/mol. The van der Waals surface area contributed by atoms with E-state index in [0.29, 0.717) is 43.8 Å². The fraction of sp³-hybridized carbons (Fsp3) is 0.400. The molecule has 0 radical (unpaired) electrons. The number of alkyl halides is 3. The van der Waals surface area contributed by atoms with Crippen LogP contribution in [-0.2, 0) is 12.6 Å². The van der Waals surface area contributed by atoms with E-state index < -0.39 is 23.4 Å². The number of hydrogen-bond donors (Lipinski definition) is 1. The number of halogens is 5. The highest BCUT2D eigenvalue weighted by Crippen LogP contribution is 2.33. The van der Waals surface area contributed by atoms with Gasteiger partial charge in [0.2, 0.25) is 0 Å². The molecule has 29 heavy (non-hydrogen) atoms. The number of pyridine rings is 1. The topological polar surface area (TPSA) is 45.2 Å². The zero-order chi connectivity index (χ0) is 21.2. The maximum Gasteiger partial charge on any atom is 0.416 e. The monoisotopic (exact) mass is 413 g/mol. The average Bonchev–Trinajstić information content (AvgIpc) is 2.64. The van der Waals surface area contributed by atoms with Crippen molar-refractivity contribution in [1.29, 1.82) is 0 Å². The summed E-state index contributed by atoms with van der Waals surface area (Å²) in [6.07, 6.45) is -2.21. The lowest BCUT2D eigenvalue weighted by molar-refractivity contribution is -0.138. The number of nitrogens with one attached hydrogen (secondary N) is 1. The first-order chi connectivity index (χ1) is 13.6. The molecule has 2 heterocycles. The molecule has 0 bridgehead atoms. The summed E-state index contributed by atoms with van der Waals surface area (Å²) in [5, 5.41) is 2.78. The van der Waals surface area contributed by atoms with E-state index in [9.17, 15) is 26.7 Å². The first-order valence-corrected chi connectivity index (χ1v) is 9.17. The van der Waals surface area contributed by atoms with Gasteiger partial charge in [-0.05, 0) is 56.4 Å². The number of carbonyl (C=O) groups is 1. The van der Waals surface area contributed by atoms with Crippen molar-refractivity contribution in [2.24, 2.45) is 5.92 Å². The normalized spacial score (nSPS) is 15.4. The molecule has 2 aromatic rings. The second kappa shape index (κ2) is 8.34. The minimum Gasteiger partial charge on any atom is -0.325 e. The molecule has 1 fully saturated rings. The predicted molar refractivity (Wildman–Crippen MR) is 97.4 cm³/mol. The van der Waals surface area contributed by atoms with Gasteiger partial charge in [0.05, 0.1) is 5.56 Å². The molecular formula is C20H20F5N3O. The molecule has 1 saturated heterocycles. The quantitative estimate of drug-likeness (QED) is 0.706. The van der Waals surface area contributed by atoms with Gasteiger partial charge in [0, 0.05) is 36.2 Å². The van der Waals surface area contributed by atoms with Crippen LogP contribution in [-0.4, -0.2) is 29.0 Å². The fourth-order valence-electron chi connectivity index (χ4n) is 3.42. The molecule has 0 atom stereocenters. The summed E-state index contributed by atoms with van der Waals surface area (Å²) in [5.74, 6) is -2.50. The average molecular weight is 413 g/mol. The van der Waals surface area contributed by atoms with Crippen molar-refractivity contribution >= 4 is 11.7 Å². The number of anilines is 1. The second-order valence-corrected chi connectivity index (χ2v) is 7.17. The number of nitrogens with zero attached hydrogens (tertiary/aromatic N) is 2. The molecule has 1 aromatic carbocycles. The highest BCUT2D eigenvalue weighted by molar-refractivity contribution is 5.89. The summed E-state index contributed by atoms with van der Waals surface area (Å²) in [7, 11) is 0. The minimum absolute atomic E-state index is 0.00515. The summed E-state index contributed by atoms with van der Waals surface area (Å²) in [5.41, 5.74) is -0.289. The first-order valence-electron chi connectivity index (χ1n) is 9.17. The van der Waals surface area contributed by atoms with Crippen molar-refractivity contribution in [3.05, 3.63) is 58.9 Å². The lowest BCUT2D eigenvalue weighted by Crippen LogP contribution is -2.41. The van der Waals surface area contributed by atoms with Crippen LogP contribution in [0.15, 0.2) is 30.5 Å². The van der Waals surface area contributed by atoms with Crippen molar-refractivity contribution in [2.75, 3.05) is 18.4 Å². The second-order valence-electron chi connectivity index (χ2n) is 7.17. The van der Waals surface area contributed by atoms with E-state index in [-0.39, 0.29) is 23.9 Å². The van der Waals surface area contributed by atoms with Crippen LogP contribution in [0.5, 0.6) is 0 Å². The number of carbonyl (C=O) groups excluding carboxylic acids is 1. The third kappa shape index (κ3) is 5.21. The largest absolute Gasteiger partial charge is 0.416 e. The number of amides is 2. The van der Waals surface area contributed by atoms with E-state index in [1.807, 2.05) is 0 Å². The molecule has 9 heteroatoms. The van der Waals surface area contributed by atoms with Crippen molar-refractivity contribution in [3.63, 3.8) is 0 Å². The minimum atomic E-state index is -4.80. The molecule has 0 spiro atoms. The number of aromatic nitrogens is 1. The maximum absolute atomic E-state index is 14.1. The molecule has 0 saturated carbocycles. The SMILES string of the molecule is Cc1cc(NC(=O)N2CCC(Cc3c(F)cc(C(F)(F)F)cc3F)CC2)ccn1. The Morgan fingerprint density at radius 1 is 1.17 bits per heavy atom. The van der Waals surface area contributed by atoms with E-state index in [1.54, 1.807) is 30.2 Å². The van der Waals surface area contributed by atoms with Crippen LogP contribution in [0, 0.1) is 24.5 Å². The van der Waals surface area contributed by atoms with Crippen LogP contribution in [0.1, 0.15) is 29.7 Å². The Kier molecular flexibility index (Phi) is 6.04. The number of benzene rings is 1. The highest BCUT2D eigenvalue weighted by atomic mass is 19.4. The Hall–Kier alpha value is -2.71. The van der Waals surface area contributed by atoms with Crippen molar-refractivity contribution in [3.8, 4) is 0 Å². The Bertz CT molecular complexity index is 869. The fourth-order valence-corrected chi connectivity index (χ4v) is 3.42. The van der Waals surface area contributed by atoms with E-state index in [0.717, 1.165) is 5.69 Å². The molecule has 156 valence electrons. The Morgan fingerprint density at radius 2 is 1.79 bits per heavy atom. The molecule has 2 amide bonds. The predicted octanol–water partition coefficient (Wildman–Crippen LogP) is 5.17. The summed E-state index contributed by atoms with van der Waals surface area (Å²) in [6.45, 7) is 2.59. The molecule has 1 aliphatic heterocycles. The van der Waals surface area contributed by atoms with E-state index >= 15 is 0 Å². The van der Waals surface area contributed by atoms with Gasteiger partial charge < -0.3 is 10.2 Å². The van der Waals surface area contributed by atoms with Gasteiger partial charge in [-0.25, -0.2) is 13.6 Å². The number of rotatable bonds is 3. The molecule has 3 rings (SSSR count). The van der Waals surface area contributed by atoms with Gasteiger partial charge in [-0.2, -0.15) is 13.2 Å². The van der Waals surface area contributed by atoms with Gasteiger partial charge >= 0.3 is 12.2 Å². The number of likely N-dealkylation sites (tertiary alicyclic amines) is 1. The van der Waals surface area contributed by atoms with Gasteiger partial charge in [-0.1, -0.05) is 0 Å². The summed E-state index contributed by atoms with van der Waals surface area (Å²) < 4.78 is 66.1. The zero-order valence-electron chi connectivity index (χ0n) is 15.7. The van der Waals surface area contributed by atoms with Crippen molar-refractivity contribution in [1.82, 2.24) is 9.88 Å². The number of aryl methyl sites for hydroxylation is 1. The van der Waals surface area contributed by atoms with E-state index in [2.05, 4.69) is 10.3 Å². The van der Waals surface area contributed by atoms with Crippen molar-refractivity contribution < 1.29 is 26.7 Å². The summed E-state index contributed by atoms with van der Waals surface area (Å²) in [6, 6.07) is 3.80. The Labute approximate surface area is 164 Å². The van der Waals surface area contributed by atoms with Crippen LogP contribution in [0.3, 0.4) is 0 Å². The molecule has 1 aromatic heterocycles. The first kappa shape index (κ1) is 21.0. The molecule has 0 aliphatic carbocycles. The third-order valence-electron chi connectivity index (χ3n) is 5.01. The van der Waals surface area contributed by atoms with Gasteiger partial charge in [-0.3, -0.25) is 4.98 Å². The number of urea groups is 1. The summed E-state index contributed by atoms with van der Waals surface area (Å²) in [4.78, 5) is 18.0. The Balaban J connectivity index is 1.58. The lowest BCUT2D eigenvalue weighted by Gasteiger charge is -2.32. The van der Waals surface area contributed by atoms with Gasteiger partial charge in [0.1, 0.15) is 11.6 Å². The number of piperidine rings is 1. The molecule has 1 aliphatic rings. The van der Waals surface area contributed by atoms with Crippen LogP contribution in [0.2, 0.25) is 0 Å². The van der Waals surface area contributed by atoms with Gasteiger partial charge in [0.25, 0.3) is 0 Å². The van der Waals surface area contributed by atoms with Crippen LogP contribution >= 0.6 is 0 Å². The van der Waals surface area contributed by atoms with Crippen LogP contribution in [0.25, 0.3) is 0 Å². The van der Waals surface area contributed by atoms with Crippen LogP contribution < -0.4 is 5.32 Å². The van der Waals surface area contributed by atoms with Gasteiger partial charge in [0.15, 0.2) is 0 Å². The highest BCUT2D eigenvalue weighted by Gasteiger charge is 2.33. The third-order valence-corrected chi connectivity index (χ3v) is 5.01. The lowest BCUT2D eigenvalue weighted by atomic mass is 9.89. The van der Waals surface area contributed by atoms with E-state index in [1.165, 1.54) is 0 Å². The summed E-state index contributed by atoms with van der Waals surface area (Å²) >= 11 is 0. The smallest absolute Gasteiger partial charge is 0.325 e.